The molecule has 13 heavy (non-hydrogen) atoms. The number of rotatable bonds is 1. The Morgan fingerprint density at radius 2 is 2.31 bits per heavy atom. The minimum absolute atomic E-state index is 0.275. The van der Waals surface area contributed by atoms with Gasteiger partial charge in [0.15, 0.2) is 0 Å². The Hall–Kier alpha value is -1.47. The van der Waals surface area contributed by atoms with E-state index in [0.29, 0.717) is 0 Å². The lowest BCUT2D eigenvalue weighted by molar-refractivity contribution is 0.629. The number of H-pyrrole nitrogens is 1. The van der Waals surface area contributed by atoms with Crippen LogP contribution < -0.4 is 0 Å². The molecule has 0 saturated heterocycles. The molecule has 0 fully saturated rings. The van der Waals surface area contributed by atoms with E-state index in [-0.39, 0.29) is 5.82 Å². The molecule has 64 valence electrons. The van der Waals surface area contributed by atoms with Gasteiger partial charge in [-0.2, -0.15) is 5.26 Å². The summed E-state index contributed by atoms with van der Waals surface area (Å²) >= 11 is 1.07. The highest BCUT2D eigenvalue weighted by Crippen LogP contribution is 2.27. The molecular weight excluding hydrogens is 187 g/mol. The van der Waals surface area contributed by atoms with Crippen LogP contribution in [0.3, 0.4) is 0 Å². The number of thioether (sulfide) groups is 1. The monoisotopic (exact) mass is 192 g/mol. The fourth-order valence-corrected chi connectivity index (χ4v) is 1.71. The summed E-state index contributed by atoms with van der Waals surface area (Å²) in [7, 11) is 0. The molecule has 0 saturated carbocycles. The molecule has 1 aromatic carbocycles. The molecule has 0 radical (unpaired) electrons. The van der Waals surface area contributed by atoms with Crippen molar-refractivity contribution >= 4 is 22.7 Å². The molecule has 0 aliphatic carbocycles. The number of benzene rings is 1. The molecule has 2 aromatic rings. The number of fused-ring (bicyclic) bond motifs is 1. The molecule has 1 heterocycles. The Balaban J connectivity index is 2.63. The first-order valence-electron chi connectivity index (χ1n) is 3.64. The van der Waals surface area contributed by atoms with Crippen molar-refractivity contribution in [2.45, 2.75) is 4.90 Å². The number of thiocyanates is 1. The first kappa shape index (κ1) is 8.14. The number of hydrogen-bond acceptors (Lipinski definition) is 2. The third-order valence-electron chi connectivity index (χ3n) is 1.76. The van der Waals surface area contributed by atoms with Gasteiger partial charge in [0.05, 0.1) is 0 Å². The SMILES string of the molecule is N#CSc1c[nH]c2cc(F)ccc12. The first-order chi connectivity index (χ1) is 6.31. The summed E-state index contributed by atoms with van der Waals surface area (Å²) in [5.74, 6) is -0.275. The third kappa shape index (κ3) is 1.38. The number of nitrogens with one attached hydrogen (secondary N) is 1. The van der Waals surface area contributed by atoms with Crippen LogP contribution in [0.25, 0.3) is 10.9 Å². The van der Waals surface area contributed by atoms with E-state index in [1.807, 2.05) is 5.40 Å². The van der Waals surface area contributed by atoms with Gasteiger partial charge in [-0.15, -0.1) is 0 Å². The Kier molecular flexibility index (Phi) is 1.95. The summed E-state index contributed by atoms with van der Waals surface area (Å²) in [6.45, 7) is 0. The molecule has 0 atom stereocenters. The first-order valence-corrected chi connectivity index (χ1v) is 4.45. The number of halogens is 1. The molecule has 1 N–H and O–H groups in total. The van der Waals surface area contributed by atoms with E-state index in [1.165, 1.54) is 12.1 Å². The molecule has 0 aliphatic rings. The van der Waals surface area contributed by atoms with Gasteiger partial charge in [-0.3, -0.25) is 0 Å². The lowest BCUT2D eigenvalue weighted by atomic mass is 10.2. The van der Waals surface area contributed by atoms with Crippen LogP contribution in [0.2, 0.25) is 0 Å². The van der Waals surface area contributed by atoms with Crippen LogP contribution in [0.5, 0.6) is 0 Å². The summed E-state index contributed by atoms with van der Waals surface area (Å²) in [6, 6.07) is 4.47. The van der Waals surface area contributed by atoms with Crippen molar-refractivity contribution in [2.24, 2.45) is 0 Å². The van der Waals surface area contributed by atoms with E-state index in [1.54, 1.807) is 12.3 Å². The summed E-state index contributed by atoms with van der Waals surface area (Å²) < 4.78 is 12.7. The van der Waals surface area contributed by atoms with E-state index in [4.69, 9.17) is 5.26 Å². The molecule has 0 aliphatic heterocycles. The van der Waals surface area contributed by atoms with Gasteiger partial charge < -0.3 is 4.98 Å². The van der Waals surface area contributed by atoms with Crippen LogP contribution in [0.4, 0.5) is 4.39 Å². The normalized spacial score (nSPS) is 10.2. The summed E-state index contributed by atoms with van der Waals surface area (Å²) in [4.78, 5) is 3.73. The number of hydrogen-bond donors (Lipinski definition) is 1. The fraction of sp³-hybridized carbons (Fsp3) is 0. The van der Waals surface area contributed by atoms with Crippen molar-refractivity contribution in [2.75, 3.05) is 0 Å². The van der Waals surface area contributed by atoms with Gasteiger partial charge in [0.1, 0.15) is 11.2 Å². The second kappa shape index (κ2) is 3.11. The lowest BCUT2D eigenvalue weighted by Crippen LogP contribution is -1.72. The second-order valence-corrected chi connectivity index (χ2v) is 3.36. The van der Waals surface area contributed by atoms with Gasteiger partial charge in [-0.1, -0.05) is 0 Å². The minimum Gasteiger partial charge on any atom is -0.360 e. The Morgan fingerprint density at radius 1 is 1.46 bits per heavy atom. The van der Waals surface area contributed by atoms with Gasteiger partial charge in [-0.25, -0.2) is 4.39 Å². The smallest absolute Gasteiger partial charge is 0.138 e. The number of aromatic nitrogens is 1. The fourth-order valence-electron chi connectivity index (χ4n) is 1.21. The molecule has 4 heteroatoms. The Labute approximate surface area is 78.4 Å². The van der Waals surface area contributed by atoms with Gasteiger partial charge in [0.2, 0.25) is 0 Å². The van der Waals surface area contributed by atoms with E-state index in [9.17, 15) is 4.39 Å². The Bertz CT molecular complexity index is 484. The highest BCUT2D eigenvalue weighted by molar-refractivity contribution is 8.04. The molecule has 1 aromatic heterocycles. The van der Waals surface area contributed by atoms with Crippen LogP contribution in [0, 0.1) is 16.5 Å². The molecule has 0 spiro atoms. The number of nitriles is 1. The van der Waals surface area contributed by atoms with E-state index in [0.717, 1.165) is 27.6 Å². The molecular formula is C9H5FN2S. The summed E-state index contributed by atoms with van der Waals surface area (Å²) in [5.41, 5.74) is 0.720. The highest BCUT2D eigenvalue weighted by Gasteiger charge is 2.03. The van der Waals surface area contributed by atoms with Crippen molar-refractivity contribution in [3.63, 3.8) is 0 Å². The van der Waals surface area contributed by atoms with Crippen LogP contribution in [-0.2, 0) is 0 Å². The molecule has 0 unspecified atom stereocenters. The maximum absolute atomic E-state index is 12.7. The number of aromatic amines is 1. The lowest BCUT2D eigenvalue weighted by Gasteiger charge is -1.91. The van der Waals surface area contributed by atoms with Gasteiger partial charge in [0, 0.05) is 22.0 Å². The standard InChI is InChI=1S/C9H5FN2S/c10-6-1-2-7-8(3-6)12-4-9(7)13-5-11/h1-4,12H. The summed E-state index contributed by atoms with van der Waals surface area (Å²) in [5, 5.41) is 11.3. The predicted octanol–water partition coefficient (Wildman–Crippen LogP) is 2.88. The topological polar surface area (TPSA) is 39.6 Å². The van der Waals surface area contributed by atoms with Gasteiger partial charge >= 0.3 is 0 Å². The zero-order valence-corrected chi connectivity index (χ0v) is 7.36. The van der Waals surface area contributed by atoms with Gasteiger partial charge in [0.25, 0.3) is 0 Å². The molecule has 2 rings (SSSR count). The highest BCUT2D eigenvalue weighted by atomic mass is 32.2. The van der Waals surface area contributed by atoms with Crippen LogP contribution in [0.15, 0.2) is 29.3 Å². The zero-order chi connectivity index (χ0) is 9.26. The van der Waals surface area contributed by atoms with Crippen molar-refractivity contribution < 1.29 is 4.39 Å². The van der Waals surface area contributed by atoms with E-state index in [2.05, 4.69) is 4.98 Å². The van der Waals surface area contributed by atoms with Crippen LogP contribution in [0.1, 0.15) is 0 Å². The molecule has 0 bridgehead atoms. The van der Waals surface area contributed by atoms with Crippen molar-refractivity contribution in [3.05, 3.63) is 30.2 Å². The Morgan fingerprint density at radius 3 is 3.08 bits per heavy atom. The van der Waals surface area contributed by atoms with Crippen molar-refractivity contribution in [1.82, 2.24) is 4.98 Å². The van der Waals surface area contributed by atoms with Crippen molar-refractivity contribution in [1.29, 1.82) is 5.26 Å². The zero-order valence-electron chi connectivity index (χ0n) is 6.54. The third-order valence-corrected chi connectivity index (χ3v) is 2.41. The largest absolute Gasteiger partial charge is 0.360 e. The van der Waals surface area contributed by atoms with Gasteiger partial charge in [-0.05, 0) is 30.0 Å². The minimum atomic E-state index is -0.275. The van der Waals surface area contributed by atoms with E-state index < -0.39 is 0 Å². The summed E-state index contributed by atoms with van der Waals surface area (Å²) in [6.07, 6.45) is 1.71. The quantitative estimate of drug-likeness (QED) is 0.557. The van der Waals surface area contributed by atoms with Crippen LogP contribution in [-0.4, -0.2) is 4.98 Å². The molecule has 0 amide bonds. The average molecular weight is 192 g/mol. The number of nitrogens with zero attached hydrogens (tertiary/aromatic N) is 1. The second-order valence-electron chi connectivity index (χ2n) is 2.54. The average Bonchev–Trinajstić information content (AvgIpc) is 2.49. The maximum atomic E-state index is 12.7. The molecule has 2 nitrogen and oxygen atoms in total. The maximum Gasteiger partial charge on any atom is 0.138 e. The van der Waals surface area contributed by atoms with Crippen molar-refractivity contribution in [3.8, 4) is 5.40 Å². The van der Waals surface area contributed by atoms with E-state index >= 15 is 0 Å². The predicted molar refractivity (Wildman–Crippen MR) is 49.7 cm³/mol. The van der Waals surface area contributed by atoms with Crippen LogP contribution >= 0.6 is 11.8 Å².